The zero-order chi connectivity index (χ0) is 11.7. The molecule has 1 aliphatic carbocycles. The lowest BCUT2D eigenvalue weighted by molar-refractivity contribution is 0.00147. The zero-order valence-electron chi connectivity index (χ0n) is 8.78. The molecule has 0 spiro atoms. The maximum absolute atomic E-state index is 9.80. The first-order valence-corrected chi connectivity index (χ1v) is 6.12. The number of hydrogen-bond acceptors (Lipinski definition) is 5. The normalized spacial score (nSPS) is 44.4. The molecule has 2 fully saturated rings. The molecule has 16 heavy (non-hydrogen) atoms. The van der Waals surface area contributed by atoms with Crippen molar-refractivity contribution in [2.75, 3.05) is 13.2 Å². The summed E-state index contributed by atoms with van der Waals surface area (Å²) in [5, 5.41) is 32.5. The molecule has 0 amide bonds. The highest BCUT2D eigenvalue weighted by atomic mass is 32.2. The fourth-order valence-electron chi connectivity index (χ4n) is 2.20. The number of thioether (sulfide) groups is 1. The van der Waals surface area contributed by atoms with Gasteiger partial charge in [-0.15, -0.1) is 6.58 Å². The third-order valence-corrected chi connectivity index (χ3v) is 4.43. The van der Waals surface area contributed by atoms with Crippen LogP contribution < -0.4 is 5.32 Å². The highest BCUT2D eigenvalue weighted by Gasteiger charge is 2.53. The van der Waals surface area contributed by atoms with E-state index in [9.17, 15) is 15.3 Å². The van der Waals surface area contributed by atoms with Gasteiger partial charge < -0.3 is 20.6 Å². The fraction of sp³-hybridized carbons (Fsp3) is 0.700. The van der Waals surface area contributed by atoms with Crippen molar-refractivity contribution in [3.63, 3.8) is 0 Å². The van der Waals surface area contributed by atoms with Crippen LogP contribution in [0.3, 0.4) is 0 Å². The molecule has 2 aliphatic rings. The predicted molar refractivity (Wildman–Crippen MR) is 63.4 cm³/mol. The third-order valence-electron chi connectivity index (χ3n) is 3.05. The fourth-order valence-corrected chi connectivity index (χ4v) is 3.61. The minimum absolute atomic E-state index is 0.0152. The van der Waals surface area contributed by atoms with Gasteiger partial charge in [-0.2, -0.15) is 0 Å². The van der Waals surface area contributed by atoms with Crippen molar-refractivity contribution >= 4 is 16.9 Å². The molecule has 0 aromatic heterocycles. The second kappa shape index (κ2) is 4.75. The number of nitrogens with one attached hydrogen (secondary N) is 1. The van der Waals surface area contributed by atoms with E-state index in [0.717, 1.165) is 5.17 Å². The molecule has 1 heterocycles. The van der Waals surface area contributed by atoms with E-state index in [1.807, 2.05) is 0 Å². The maximum Gasteiger partial charge on any atom is 0.157 e. The van der Waals surface area contributed by atoms with Crippen molar-refractivity contribution in [1.29, 1.82) is 0 Å². The van der Waals surface area contributed by atoms with Crippen LogP contribution >= 0.6 is 11.8 Å². The van der Waals surface area contributed by atoms with Crippen LogP contribution in [-0.2, 0) is 0 Å². The van der Waals surface area contributed by atoms with Gasteiger partial charge in [-0.25, -0.2) is 0 Å². The minimum atomic E-state index is -0.860. The summed E-state index contributed by atoms with van der Waals surface area (Å²) in [6.45, 7) is 3.98. The topological polar surface area (TPSA) is 85.1 Å². The van der Waals surface area contributed by atoms with Crippen molar-refractivity contribution in [2.45, 2.75) is 23.5 Å². The molecule has 0 radical (unpaired) electrons. The molecule has 2 unspecified atom stereocenters. The van der Waals surface area contributed by atoms with Gasteiger partial charge in [-0.3, -0.25) is 4.99 Å². The van der Waals surface area contributed by atoms with Crippen LogP contribution in [0.1, 0.15) is 0 Å². The Kier molecular flexibility index (Phi) is 3.53. The molecule has 5 atom stereocenters. The van der Waals surface area contributed by atoms with E-state index < -0.39 is 12.2 Å². The lowest BCUT2D eigenvalue weighted by Gasteiger charge is -2.17. The zero-order valence-corrected chi connectivity index (χ0v) is 9.60. The second-order valence-electron chi connectivity index (χ2n) is 4.01. The Hall–Kier alpha value is -0.560. The molecule has 0 aromatic carbocycles. The quantitative estimate of drug-likeness (QED) is 0.476. The van der Waals surface area contributed by atoms with Gasteiger partial charge in [0.05, 0.1) is 18.7 Å². The summed E-state index contributed by atoms with van der Waals surface area (Å²) in [6.07, 6.45) is -0.00922. The highest BCUT2D eigenvalue weighted by Crippen LogP contribution is 2.40. The average Bonchev–Trinajstić information content (AvgIpc) is 2.78. The largest absolute Gasteiger partial charge is 0.396 e. The summed E-state index contributed by atoms with van der Waals surface area (Å²) in [6, 6.07) is -0.222. The Morgan fingerprint density at radius 1 is 1.44 bits per heavy atom. The lowest BCUT2D eigenvalue weighted by atomic mass is 10.1. The van der Waals surface area contributed by atoms with E-state index in [4.69, 9.17) is 0 Å². The Morgan fingerprint density at radius 2 is 2.19 bits per heavy atom. The van der Waals surface area contributed by atoms with E-state index in [0.29, 0.717) is 6.54 Å². The molecule has 6 heteroatoms. The van der Waals surface area contributed by atoms with Crippen molar-refractivity contribution in [1.82, 2.24) is 5.32 Å². The highest BCUT2D eigenvalue weighted by molar-refractivity contribution is 8.14. The standard InChI is InChI=1S/C10H16N2O3S/c1-2-3-11-10-12-6-8(15)7(14)5(4-13)9(6)16-10/h2,5-9,13-15H,1,3-4H2,(H,11,12)/t5-,6?,7-,8-,9?/m1/s1. The Labute approximate surface area is 98.3 Å². The van der Waals surface area contributed by atoms with Gasteiger partial charge in [-0.1, -0.05) is 17.8 Å². The van der Waals surface area contributed by atoms with Gasteiger partial charge in [0, 0.05) is 17.8 Å². The van der Waals surface area contributed by atoms with E-state index >= 15 is 0 Å². The molecular formula is C10H16N2O3S. The number of rotatable bonds is 3. The second-order valence-corrected chi connectivity index (χ2v) is 5.18. The first-order chi connectivity index (χ1) is 7.69. The number of aliphatic hydroxyl groups is 3. The Balaban J connectivity index is 2.09. The van der Waals surface area contributed by atoms with E-state index in [1.54, 1.807) is 6.08 Å². The van der Waals surface area contributed by atoms with Gasteiger partial charge in [0.1, 0.15) is 6.10 Å². The molecule has 4 N–H and O–H groups in total. The summed E-state index contributed by atoms with van der Waals surface area (Å²) in [5.41, 5.74) is 0. The molecule has 90 valence electrons. The lowest BCUT2D eigenvalue weighted by Crippen LogP contribution is -2.40. The molecule has 2 rings (SSSR count). The monoisotopic (exact) mass is 244 g/mol. The number of aliphatic imine (C=N–C) groups is 1. The van der Waals surface area contributed by atoms with Crippen LogP contribution in [0.4, 0.5) is 0 Å². The van der Waals surface area contributed by atoms with Crippen LogP contribution in [0.25, 0.3) is 0 Å². The minimum Gasteiger partial charge on any atom is -0.396 e. The van der Waals surface area contributed by atoms with Gasteiger partial charge in [-0.05, 0) is 0 Å². The average molecular weight is 244 g/mol. The summed E-state index contributed by atoms with van der Waals surface area (Å²) in [4.78, 5) is 4.23. The van der Waals surface area contributed by atoms with Crippen LogP contribution in [-0.4, -0.2) is 57.1 Å². The number of hydrogen-bond donors (Lipinski definition) is 4. The number of amidine groups is 1. The van der Waals surface area contributed by atoms with Gasteiger partial charge in [0.25, 0.3) is 0 Å². The molecule has 5 nitrogen and oxygen atoms in total. The van der Waals surface area contributed by atoms with Crippen molar-refractivity contribution in [3.8, 4) is 0 Å². The van der Waals surface area contributed by atoms with Crippen LogP contribution in [0.5, 0.6) is 0 Å². The van der Waals surface area contributed by atoms with E-state index in [-0.39, 0.29) is 23.8 Å². The first-order valence-electron chi connectivity index (χ1n) is 5.24. The molecule has 1 saturated heterocycles. The molecule has 0 aromatic rings. The van der Waals surface area contributed by atoms with Gasteiger partial charge >= 0.3 is 0 Å². The van der Waals surface area contributed by atoms with Gasteiger partial charge in [0.2, 0.25) is 0 Å². The van der Waals surface area contributed by atoms with E-state index in [1.165, 1.54) is 11.8 Å². The first kappa shape index (κ1) is 11.9. The van der Waals surface area contributed by atoms with Crippen LogP contribution in [0.2, 0.25) is 0 Å². The van der Waals surface area contributed by atoms with Gasteiger partial charge in [0.15, 0.2) is 5.17 Å². The summed E-state index contributed by atoms with van der Waals surface area (Å²) in [5.74, 6) is -0.297. The van der Waals surface area contributed by atoms with E-state index in [2.05, 4.69) is 16.9 Å². The summed E-state index contributed by atoms with van der Waals surface area (Å²) in [7, 11) is 0. The number of nitrogens with zero attached hydrogens (tertiary/aromatic N) is 1. The van der Waals surface area contributed by atoms with Crippen molar-refractivity contribution in [2.24, 2.45) is 10.9 Å². The Bertz CT molecular complexity index is 310. The molecule has 1 saturated carbocycles. The summed E-state index contributed by atoms with van der Waals surface area (Å²) < 4.78 is 0. The van der Waals surface area contributed by atoms with Crippen LogP contribution in [0, 0.1) is 5.92 Å². The van der Waals surface area contributed by atoms with Crippen LogP contribution in [0.15, 0.2) is 17.6 Å². The summed E-state index contributed by atoms with van der Waals surface area (Å²) >= 11 is 1.47. The Morgan fingerprint density at radius 3 is 2.81 bits per heavy atom. The third kappa shape index (κ3) is 1.86. The number of fused-ring (bicyclic) bond motifs is 1. The SMILES string of the molecule is C=CCN=C1NC2C(S1)[C@H](CO)[C@@H](O)[C@@H]2O. The predicted octanol–water partition coefficient (Wildman–Crippen LogP) is -1.05. The van der Waals surface area contributed by atoms with Crippen molar-refractivity contribution < 1.29 is 15.3 Å². The molecule has 0 bridgehead atoms. The maximum atomic E-state index is 9.80. The molecule has 1 aliphatic heterocycles. The smallest absolute Gasteiger partial charge is 0.157 e. The number of aliphatic hydroxyl groups excluding tert-OH is 3. The van der Waals surface area contributed by atoms with Crippen molar-refractivity contribution in [3.05, 3.63) is 12.7 Å². The molecular weight excluding hydrogens is 228 g/mol.